The molecule has 21 heavy (non-hydrogen) atoms. The standard InChI is InChI=1S/C12H16FN3O4S/c1-2-14-6-8-15(9-7-14)21(19,20)11-5-3-4-10(13)12(11)16(17)18/h3-5H,2,6-9H2,1H3. The van der Waals surface area contributed by atoms with Gasteiger partial charge in [0.25, 0.3) is 0 Å². The van der Waals surface area contributed by atoms with Crippen molar-refractivity contribution in [3.63, 3.8) is 0 Å². The predicted molar refractivity (Wildman–Crippen MR) is 73.9 cm³/mol. The summed E-state index contributed by atoms with van der Waals surface area (Å²) in [7, 11) is -4.07. The van der Waals surface area contributed by atoms with Crippen molar-refractivity contribution in [3.8, 4) is 0 Å². The molecule has 1 aliphatic rings. The summed E-state index contributed by atoms with van der Waals surface area (Å²) in [6.07, 6.45) is 0. The van der Waals surface area contributed by atoms with Crippen LogP contribution in [0.3, 0.4) is 0 Å². The minimum atomic E-state index is -4.07. The average Bonchev–Trinajstić information content (AvgIpc) is 2.46. The number of piperazine rings is 1. The van der Waals surface area contributed by atoms with E-state index in [-0.39, 0.29) is 13.1 Å². The number of para-hydroxylation sites is 1. The Morgan fingerprint density at radius 1 is 1.29 bits per heavy atom. The van der Waals surface area contributed by atoms with Gasteiger partial charge in [-0.3, -0.25) is 10.1 Å². The summed E-state index contributed by atoms with van der Waals surface area (Å²) in [6.45, 7) is 4.38. The van der Waals surface area contributed by atoms with Gasteiger partial charge in [0.2, 0.25) is 15.8 Å². The molecule has 1 heterocycles. The predicted octanol–water partition coefficient (Wildman–Crippen LogP) is 1.06. The zero-order chi connectivity index (χ0) is 15.6. The fourth-order valence-corrected chi connectivity index (χ4v) is 3.90. The molecule has 1 aromatic rings. The largest absolute Gasteiger partial charge is 0.324 e. The summed E-state index contributed by atoms with van der Waals surface area (Å²) < 4.78 is 39.7. The van der Waals surface area contributed by atoms with Crippen LogP contribution in [0.1, 0.15) is 6.92 Å². The molecule has 1 aromatic carbocycles. The summed E-state index contributed by atoms with van der Waals surface area (Å²) >= 11 is 0. The molecule has 7 nitrogen and oxygen atoms in total. The van der Waals surface area contributed by atoms with Crippen LogP contribution in [0.5, 0.6) is 0 Å². The topological polar surface area (TPSA) is 83.8 Å². The van der Waals surface area contributed by atoms with Gasteiger partial charge in [-0.05, 0) is 18.7 Å². The number of nitro groups is 1. The summed E-state index contributed by atoms with van der Waals surface area (Å²) in [5, 5.41) is 10.9. The van der Waals surface area contributed by atoms with Gasteiger partial charge in [0.1, 0.15) is 0 Å². The molecule has 9 heteroatoms. The Balaban J connectivity index is 2.37. The third-order valence-electron chi connectivity index (χ3n) is 3.53. The van der Waals surface area contributed by atoms with Crippen molar-refractivity contribution < 1.29 is 17.7 Å². The van der Waals surface area contributed by atoms with Crippen LogP contribution in [-0.2, 0) is 10.0 Å². The minimum Gasteiger partial charge on any atom is -0.301 e. The molecule has 0 unspecified atom stereocenters. The smallest absolute Gasteiger partial charge is 0.301 e. The molecular weight excluding hydrogens is 301 g/mol. The van der Waals surface area contributed by atoms with Crippen LogP contribution < -0.4 is 0 Å². The van der Waals surface area contributed by atoms with Crippen LogP contribution in [0.4, 0.5) is 10.1 Å². The fraction of sp³-hybridized carbons (Fsp3) is 0.500. The van der Waals surface area contributed by atoms with Crippen molar-refractivity contribution in [2.75, 3.05) is 32.7 Å². The second-order valence-corrected chi connectivity index (χ2v) is 6.59. The lowest BCUT2D eigenvalue weighted by molar-refractivity contribution is -0.390. The number of halogens is 1. The molecular formula is C12H16FN3O4S. The van der Waals surface area contributed by atoms with Gasteiger partial charge in [0, 0.05) is 26.2 Å². The van der Waals surface area contributed by atoms with Gasteiger partial charge >= 0.3 is 5.69 Å². The van der Waals surface area contributed by atoms with Gasteiger partial charge in [0.15, 0.2) is 4.90 Å². The average molecular weight is 317 g/mol. The number of benzene rings is 1. The minimum absolute atomic E-state index is 0.240. The number of nitro benzene ring substituents is 1. The van der Waals surface area contributed by atoms with Crippen molar-refractivity contribution in [2.24, 2.45) is 0 Å². The van der Waals surface area contributed by atoms with E-state index in [4.69, 9.17) is 0 Å². The second kappa shape index (κ2) is 6.04. The lowest BCUT2D eigenvalue weighted by Crippen LogP contribution is -2.48. The molecule has 0 bridgehead atoms. The summed E-state index contributed by atoms with van der Waals surface area (Å²) in [5.41, 5.74) is -0.990. The van der Waals surface area contributed by atoms with E-state index < -0.39 is 31.3 Å². The van der Waals surface area contributed by atoms with Crippen molar-refractivity contribution in [1.82, 2.24) is 9.21 Å². The Labute approximate surface area is 122 Å². The maximum Gasteiger partial charge on any atom is 0.324 e. The van der Waals surface area contributed by atoms with Gasteiger partial charge in [-0.15, -0.1) is 0 Å². The highest BCUT2D eigenvalue weighted by molar-refractivity contribution is 7.89. The molecule has 0 aliphatic carbocycles. The van der Waals surface area contributed by atoms with E-state index in [1.165, 1.54) is 4.31 Å². The second-order valence-electron chi connectivity index (χ2n) is 4.68. The molecule has 0 spiro atoms. The molecule has 116 valence electrons. The van der Waals surface area contributed by atoms with Crippen molar-refractivity contribution >= 4 is 15.7 Å². The first-order valence-electron chi connectivity index (χ1n) is 6.53. The van der Waals surface area contributed by atoms with Crippen LogP contribution >= 0.6 is 0 Å². The van der Waals surface area contributed by atoms with Gasteiger partial charge in [-0.1, -0.05) is 13.0 Å². The number of rotatable bonds is 4. The first kappa shape index (κ1) is 15.8. The van der Waals surface area contributed by atoms with Crippen LogP contribution in [0, 0.1) is 15.9 Å². The lowest BCUT2D eigenvalue weighted by Gasteiger charge is -2.33. The monoisotopic (exact) mass is 317 g/mol. The molecule has 1 fully saturated rings. The van der Waals surface area contributed by atoms with Gasteiger partial charge < -0.3 is 4.90 Å². The zero-order valence-electron chi connectivity index (χ0n) is 11.5. The number of nitrogens with zero attached hydrogens (tertiary/aromatic N) is 3. The van der Waals surface area contributed by atoms with Crippen molar-refractivity contribution in [1.29, 1.82) is 0 Å². The summed E-state index contributed by atoms with van der Waals surface area (Å²) in [4.78, 5) is 11.4. The molecule has 0 aromatic heterocycles. The van der Waals surface area contributed by atoms with E-state index in [1.807, 2.05) is 6.92 Å². The highest BCUT2D eigenvalue weighted by Gasteiger charge is 2.35. The highest BCUT2D eigenvalue weighted by Crippen LogP contribution is 2.29. The Bertz CT molecular complexity index is 642. The normalized spacial score (nSPS) is 17.8. The van der Waals surface area contributed by atoms with Gasteiger partial charge in [-0.25, -0.2) is 8.42 Å². The van der Waals surface area contributed by atoms with E-state index in [1.54, 1.807) is 0 Å². The van der Waals surface area contributed by atoms with Gasteiger partial charge in [-0.2, -0.15) is 8.70 Å². The highest BCUT2D eigenvalue weighted by atomic mass is 32.2. The number of hydrogen-bond acceptors (Lipinski definition) is 5. The van der Waals surface area contributed by atoms with Crippen molar-refractivity contribution in [2.45, 2.75) is 11.8 Å². The lowest BCUT2D eigenvalue weighted by atomic mass is 10.3. The van der Waals surface area contributed by atoms with Crippen LogP contribution in [0.2, 0.25) is 0 Å². The fourth-order valence-electron chi connectivity index (χ4n) is 2.31. The van der Waals surface area contributed by atoms with E-state index >= 15 is 0 Å². The Hall–Kier alpha value is -1.58. The first-order valence-corrected chi connectivity index (χ1v) is 7.97. The third-order valence-corrected chi connectivity index (χ3v) is 5.46. The number of likely N-dealkylation sites (N-methyl/N-ethyl adjacent to an activating group) is 1. The molecule has 2 rings (SSSR count). The van der Waals surface area contributed by atoms with E-state index in [0.29, 0.717) is 13.1 Å². The molecule has 0 saturated carbocycles. The molecule has 0 radical (unpaired) electrons. The quantitative estimate of drug-likeness (QED) is 0.612. The molecule has 1 saturated heterocycles. The maximum absolute atomic E-state index is 13.6. The first-order chi connectivity index (χ1) is 9.87. The Morgan fingerprint density at radius 3 is 2.43 bits per heavy atom. The maximum atomic E-state index is 13.6. The van der Waals surface area contributed by atoms with Crippen LogP contribution in [0.25, 0.3) is 0 Å². The van der Waals surface area contributed by atoms with Crippen LogP contribution in [0.15, 0.2) is 23.1 Å². The Morgan fingerprint density at radius 2 is 1.90 bits per heavy atom. The third kappa shape index (κ3) is 3.04. The van der Waals surface area contributed by atoms with Gasteiger partial charge in [0.05, 0.1) is 4.92 Å². The number of hydrogen-bond donors (Lipinski definition) is 0. The summed E-state index contributed by atoms with van der Waals surface area (Å²) in [5.74, 6) is -1.15. The molecule has 0 N–H and O–H groups in total. The SMILES string of the molecule is CCN1CCN(S(=O)(=O)c2cccc(F)c2[N+](=O)[O-])CC1. The Kier molecular flexibility index (Phi) is 4.55. The van der Waals surface area contributed by atoms with E-state index in [0.717, 1.165) is 24.7 Å². The van der Waals surface area contributed by atoms with Crippen LogP contribution in [-0.4, -0.2) is 55.3 Å². The van der Waals surface area contributed by atoms with E-state index in [9.17, 15) is 22.9 Å². The van der Waals surface area contributed by atoms with Crippen molar-refractivity contribution in [3.05, 3.63) is 34.1 Å². The molecule has 0 amide bonds. The summed E-state index contributed by atoms with van der Waals surface area (Å²) in [6, 6.07) is 3.12. The number of sulfonamides is 1. The molecule has 0 atom stereocenters. The van der Waals surface area contributed by atoms with E-state index in [2.05, 4.69) is 4.90 Å². The molecule has 1 aliphatic heterocycles. The zero-order valence-corrected chi connectivity index (χ0v) is 12.3.